The predicted molar refractivity (Wildman–Crippen MR) is 68.9 cm³/mol. The Balaban J connectivity index is 2.06. The first-order valence-electron chi connectivity index (χ1n) is 5.86. The average molecular weight is 328 g/mol. The molecule has 0 aliphatic heterocycles. The van der Waals surface area contributed by atoms with E-state index >= 15 is 0 Å². The molecule has 2 N–H and O–H groups in total. The van der Waals surface area contributed by atoms with Crippen molar-refractivity contribution in [1.82, 2.24) is 10.1 Å². The summed E-state index contributed by atoms with van der Waals surface area (Å²) in [6, 6.07) is 2.68. The fourth-order valence-corrected chi connectivity index (χ4v) is 2.17. The zero-order valence-corrected chi connectivity index (χ0v) is 11.5. The maximum Gasteiger partial charge on any atom is 0.240 e. The van der Waals surface area contributed by atoms with Gasteiger partial charge in [0.1, 0.15) is 11.6 Å². The lowest BCUT2D eigenvalue weighted by atomic mass is 10.2. The molecule has 1 aromatic heterocycles. The van der Waals surface area contributed by atoms with E-state index in [1.165, 1.54) is 12.1 Å². The number of nitrogens with two attached hydrogens (primary N) is 1. The van der Waals surface area contributed by atoms with Crippen molar-refractivity contribution in [2.24, 2.45) is 5.73 Å². The molecule has 1 saturated carbocycles. The maximum atomic E-state index is 13.5. The van der Waals surface area contributed by atoms with E-state index in [1.807, 2.05) is 0 Å². The van der Waals surface area contributed by atoms with Crippen molar-refractivity contribution in [3.05, 3.63) is 28.3 Å². The summed E-state index contributed by atoms with van der Waals surface area (Å²) in [6.07, 6.45) is 2.19. The molecule has 1 aromatic carbocycles. The largest absolute Gasteiger partial charge is 0.488 e. The van der Waals surface area contributed by atoms with Crippen molar-refractivity contribution in [3.63, 3.8) is 0 Å². The average Bonchev–Trinajstić information content (AvgIpc) is 3.06. The molecule has 1 aliphatic carbocycles. The van der Waals surface area contributed by atoms with Gasteiger partial charge in [-0.3, -0.25) is 0 Å². The van der Waals surface area contributed by atoms with Crippen molar-refractivity contribution in [2.75, 3.05) is 0 Å². The summed E-state index contributed by atoms with van der Waals surface area (Å²) in [5, 5.41) is 3.79. The monoisotopic (exact) mass is 327 g/mol. The molecule has 1 aliphatic rings. The zero-order valence-electron chi connectivity index (χ0n) is 9.90. The molecule has 0 radical (unpaired) electrons. The van der Waals surface area contributed by atoms with Gasteiger partial charge in [-0.2, -0.15) is 4.98 Å². The van der Waals surface area contributed by atoms with E-state index in [0.29, 0.717) is 21.7 Å². The first-order chi connectivity index (χ1) is 9.17. The van der Waals surface area contributed by atoms with E-state index in [2.05, 4.69) is 26.1 Å². The van der Waals surface area contributed by atoms with Crippen LogP contribution in [0.15, 0.2) is 21.1 Å². The second kappa shape index (κ2) is 4.90. The molecule has 1 heterocycles. The van der Waals surface area contributed by atoms with Crippen LogP contribution in [-0.4, -0.2) is 16.2 Å². The van der Waals surface area contributed by atoms with E-state index in [9.17, 15) is 4.39 Å². The molecule has 0 bridgehead atoms. The van der Waals surface area contributed by atoms with E-state index in [4.69, 9.17) is 15.0 Å². The smallest absolute Gasteiger partial charge is 0.240 e. The topological polar surface area (TPSA) is 74.2 Å². The van der Waals surface area contributed by atoms with Crippen LogP contribution < -0.4 is 10.5 Å². The molecular formula is C12H11BrFN3O2. The Morgan fingerprint density at radius 3 is 2.89 bits per heavy atom. The highest BCUT2D eigenvalue weighted by atomic mass is 79.9. The highest BCUT2D eigenvalue weighted by molar-refractivity contribution is 9.10. The summed E-state index contributed by atoms with van der Waals surface area (Å²) < 4.78 is 24.8. The van der Waals surface area contributed by atoms with E-state index in [-0.39, 0.29) is 18.5 Å². The van der Waals surface area contributed by atoms with Gasteiger partial charge in [-0.05, 0) is 40.9 Å². The Kier molecular flexibility index (Phi) is 3.24. The minimum absolute atomic E-state index is 0.141. The summed E-state index contributed by atoms with van der Waals surface area (Å²) in [7, 11) is 0. The summed E-state index contributed by atoms with van der Waals surface area (Å²) in [6.45, 7) is 0.141. The van der Waals surface area contributed by atoms with Crippen LogP contribution in [0.1, 0.15) is 18.7 Å². The molecule has 19 heavy (non-hydrogen) atoms. The SMILES string of the molecule is NCc1nc(-c2cc(F)cc(Br)c2OC2CC2)no1. The number of benzene rings is 1. The Bertz CT molecular complexity index is 613. The number of halogens is 2. The first kappa shape index (κ1) is 12.6. The molecule has 2 aromatic rings. The molecular weight excluding hydrogens is 317 g/mol. The lowest BCUT2D eigenvalue weighted by Gasteiger charge is -2.10. The van der Waals surface area contributed by atoms with Crippen LogP contribution in [0, 0.1) is 5.82 Å². The van der Waals surface area contributed by atoms with Gasteiger partial charge in [0.25, 0.3) is 0 Å². The predicted octanol–water partition coefficient (Wildman–Crippen LogP) is 2.64. The van der Waals surface area contributed by atoms with Gasteiger partial charge in [-0.25, -0.2) is 4.39 Å². The van der Waals surface area contributed by atoms with Crippen LogP contribution in [0.4, 0.5) is 4.39 Å². The van der Waals surface area contributed by atoms with Crippen molar-refractivity contribution >= 4 is 15.9 Å². The standard InChI is InChI=1S/C12H11BrFN3O2/c13-9-4-6(14)3-8(11(9)18-7-1-2-7)12-16-10(5-15)19-17-12/h3-4,7H,1-2,5,15H2. The van der Waals surface area contributed by atoms with Gasteiger partial charge >= 0.3 is 0 Å². The van der Waals surface area contributed by atoms with Crippen LogP contribution in [0.2, 0.25) is 0 Å². The van der Waals surface area contributed by atoms with E-state index in [1.54, 1.807) is 0 Å². The third kappa shape index (κ3) is 2.62. The maximum absolute atomic E-state index is 13.5. The summed E-state index contributed by atoms with van der Waals surface area (Å²) in [5.41, 5.74) is 5.88. The van der Waals surface area contributed by atoms with E-state index in [0.717, 1.165) is 12.8 Å². The molecule has 7 heteroatoms. The Morgan fingerprint density at radius 1 is 1.47 bits per heavy atom. The third-order valence-electron chi connectivity index (χ3n) is 2.70. The molecule has 100 valence electrons. The van der Waals surface area contributed by atoms with Crippen LogP contribution in [0.5, 0.6) is 5.75 Å². The normalized spacial score (nSPS) is 14.7. The number of rotatable bonds is 4. The van der Waals surface area contributed by atoms with Gasteiger partial charge in [0.15, 0.2) is 0 Å². The Morgan fingerprint density at radius 2 is 2.26 bits per heavy atom. The summed E-state index contributed by atoms with van der Waals surface area (Å²) in [4.78, 5) is 4.10. The lowest BCUT2D eigenvalue weighted by Crippen LogP contribution is -2.00. The second-order valence-corrected chi connectivity index (χ2v) is 5.15. The number of nitrogens with zero attached hydrogens (tertiary/aromatic N) is 2. The third-order valence-corrected chi connectivity index (χ3v) is 3.29. The lowest BCUT2D eigenvalue weighted by molar-refractivity contribution is 0.301. The number of hydrogen-bond acceptors (Lipinski definition) is 5. The molecule has 0 saturated heterocycles. The number of hydrogen-bond donors (Lipinski definition) is 1. The quantitative estimate of drug-likeness (QED) is 0.934. The van der Waals surface area contributed by atoms with Crippen LogP contribution >= 0.6 is 15.9 Å². The Labute approximate surface area is 117 Å². The van der Waals surface area contributed by atoms with E-state index < -0.39 is 5.82 Å². The molecule has 0 unspecified atom stereocenters. The molecule has 0 spiro atoms. The zero-order chi connectivity index (χ0) is 13.4. The van der Waals surface area contributed by atoms with Gasteiger partial charge < -0.3 is 15.0 Å². The van der Waals surface area contributed by atoms with Crippen molar-refractivity contribution in [2.45, 2.75) is 25.5 Å². The Hall–Kier alpha value is -1.47. The summed E-state index contributed by atoms with van der Waals surface area (Å²) in [5.74, 6) is 0.710. The van der Waals surface area contributed by atoms with Crippen LogP contribution in [-0.2, 0) is 6.54 Å². The fraction of sp³-hybridized carbons (Fsp3) is 0.333. The number of ether oxygens (including phenoxy) is 1. The van der Waals surface area contributed by atoms with Gasteiger partial charge in [0.2, 0.25) is 11.7 Å². The van der Waals surface area contributed by atoms with Gasteiger partial charge in [-0.15, -0.1) is 0 Å². The molecule has 1 fully saturated rings. The van der Waals surface area contributed by atoms with Crippen molar-refractivity contribution in [1.29, 1.82) is 0 Å². The van der Waals surface area contributed by atoms with Gasteiger partial charge in [-0.1, -0.05) is 5.16 Å². The molecule has 3 rings (SSSR count). The molecule has 0 amide bonds. The van der Waals surface area contributed by atoms with Gasteiger partial charge in [0, 0.05) is 0 Å². The molecule has 5 nitrogen and oxygen atoms in total. The molecule has 0 atom stereocenters. The number of aromatic nitrogens is 2. The first-order valence-corrected chi connectivity index (χ1v) is 6.65. The minimum Gasteiger partial charge on any atom is -0.488 e. The van der Waals surface area contributed by atoms with Crippen LogP contribution in [0.25, 0.3) is 11.4 Å². The van der Waals surface area contributed by atoms with Crippen molar-refractivity contribution < 1.29 is 13.7 Å². The highest BCUT2D eigenvalue weighted by Gasteiger charge is 2.27. The van der Waals surface area contributed by atoms with Gasteiger partial charge in [0.05, 0.1) is 22.7 Å². The fourth-order valence-electron chi connectivity index (χ4n) is 1.65. The van der Waals surface area contributed by atoms with Crippen LogP contribution in [0.3, 0.4) is 0 Å². The second-order valence-electron chi connectivity index (χ2n) is 4.30. The minimum atomic E-state index is -0.399. The van der Waals surface area contributed by atoms with Crippen molar-refractivity contribution in [3.8, 4) is 17.1 Å². The summed E-state index contributed by atoms with van der Waals surface area (Å²) >= 11 is 3.30. The highest BCUT2D eigenvalue weighted by Crippen LogP contribution is 2.39.